The maximum Gasteiger partial charge on any atom is 0.331 e. The Kier molecular flexibility index (Phi) is 3.47. The molecule has 1 aromatic heterocycles. The van der Waals surface area contributed by atoms with Crippen LogP contribution in [-0.4, -0.2) is 31.7 Å². The van der Waals surface area contributed by atoms with Gasteiger partial charge in [0.15, 0.2) is 0 Å². The molecule has 1 aliphatic rings. The van der Waals surface area contributed by atoms with Crippen LogP contribution in [0.3, 0.4) is 0 Å². The summed E-state index contributed by atoms with van der Waals surface area (Å²) >= 11 is 0. The van der Waals surface area contributed by atoms with Gasteiger partial charge in [0.05, 0.1) is 0 Å². The summed E-state index contributed by atoms with van der Waals surface area (Å²) in [6, 6.07) is 1.17. The number of nitrogens with zero attached hydrogens (tertiary/aromatic N) is 2. The Labute approximate surface area is 113 Å². The van der Waals surface area contributed by atoms with Crippen LogP contribution in [0.1, 0.15) is 19.3 Å². The van der Waals surface area contributed by atoms with Crippen LogP contribution in [0.25, 0.3) is 0 Å². The maximum absolute atomic E-state index is 11.9. The van der Waals surface area contributed by atoms with Gasteiger partial charge >= 0.3 is 11.7 Å². The van der Waals surface area contributed by atoms with E-state index in [0.717, 1.165) is 15.6 Å². The Morgan fingerprint density at radius 1 is 1.40 bits per heavy atom. The molecule has 2 N–H and O–H groups in total. The molecule has 0 bridgehead atoms. The number of rotatable bonds is 4. The van der Waals surface area contributed by atoms with E-state index in [-0.39, 0.29) is 6.54 Å². The van der Waals surface area contributed by atoms with E-state index in [0.29, 0.717) is 12.8 Å². The summed E-state index contributed by atoms with van der Waals surface area (Å²) in [5, 5.41) is 11.6. The summed E-state index contributed by atoms with van der Waals surface area (Å²) in [5.41, 5.74) is -2.29. The van der Waals surface area contributed by atoms with Gasteiger partial charge in [0.25, 0.3) is 5.56 Å². The quantitative estimate of drug-likeness (QED) is 0.710. The van der Waals surface area contributed by atoms with Gasteiger partial charge in [0, 0.05) is 19.3 Å². The van der Waals surface area contributed by atoms with E-state index in [1.54, 1.807) is 0 Å². The molecule has 0 unspecified atom stereocenters. The lowest BCUT2D eigenvalue weighted by Crippen LogP contribution is -2.60. The van der Waals surface area contributed by atoms with Gasteiger partial charge in [-0.15, -0.1) is 0 Å². The van der Waals surface area contributed by atoms with Crippen LogP contribution >= 0.6 is 0 Å². The summed E-state index contributed by atoms with van der Waals surface area (Å²) in [7, 11) is 1.31. The summed E-state index contributed by atoms with van der Waals surface area (Å²) in [5.74, 6) is -1.63. The molecule has 0 radical (unpaired) electrons. The third-order valence-corrected chi connectivity index (χ3v) is 3.57. The van der Waals surface area contributed by atoms with Gasteiger partial charge in [-0.1, -0.05) is 0 Å². The number of nitrogens with one attached hydrogen (secondary N) is 1. The van der Waals surface area contributed by atoms with Gasteiger partial charge in [-0.3, -0.25) is 18.7 Å². The van der Waals surface area contributed by atoms with Crippen molar-refractivity contribution in [1.82, 2.24) is 14.5 Å². The van der Waals surface area contributed by atoms with Crippen LogP contribution in [0.2, 0.25) is 0 Å². The second-order valence-electron chi connectivity index (χ2n) is 4.91. The molecule has 1 aromatic rings. The van der Waals surface area contributed by atoms with Crippen LogP contribution in [0.15, 0.2) is 21.9 Å². The predicted octanol–water partition coefficient (Wildman–Crippen LogP) is -1.33. The number of carbonyl (C=O) groups is 2. The Balaban J connectivity index is 2.13. The van der Waals surface area contributed by atoms with Gasteiger partial charge in [-0.2, -0.15) is 0 Å². The molecule has 108 valence electrons. The Hall–Kier alpha value is -2.38. The van der Waals surface area contributed by atoms with Gasteiger partial charge in [0.2, 0.25) is 5.91 Å². The highest BCUT2D eigenvalue weighted by molar-refractivity contribution is 5.87. The van der Waals surface area contributed by atoms with Crippen LogP contribution < -0.4 is 16.6 Å². The lowest BCUT2D eigenvalue weighted by atomic mass is 9.77. The first-order valence-corrected chi connectivity index (χ1v) is 6.17. The van der Waals surface area contributed by atoms with E-state index in [1.165, 1.54) is 19.3 Å². The Morgan fingerprint density at radius 2 is 2.05 bits per heavy atom. The molecule has 0 saturated heterocycles. The number of carbonyl (C=O) groups excluding carboxylic acids is 1. The van der Waals surface area contributed by atoms with Crippen molar-refractivity contribution in [2.24, 2.45) is 7.05 Å². The molecule has 20 heavy (non-hydrogen) atoms. The van der Waals surface area contributed by atoms with E-state index < -0.39 is 28.7 Å². The number of amides is 1. The topological polar surface area (TPSA) is 110 Å². The first-order chi connectivity index (χ1) is 9.35. The van der Waals surface area contributed by atoms with Gasteiger partial charge < -0.3 is 10.4 Å². The predicted molar refractivity (Wildman–Crippen MR) is 68.3 cm³/mol. The zero-order valence-electron chi connectivity index (χ0n) is 11.0. The largest absolute Gasteiger partial charge is 0.480 e. The van der Waals surface area contributed by atoms with Crippen molar-refractivity contribution < 1.29 is 14.7 Å². The summed E-state index contributed by atoms with van der Waals surface area (Å²) < 4.78 is 1.94. The van der Waals surface area contributed by atoms with E-state index in [9.17, 15) is 19.2 Å². The molecular formula is C12H15N3O5. The third kappa shape index (κ3) is 2.36. The van der Waals surface area contributed by atoms with Gasteiger partial charge in [-0.25, -0.2) is 9.59 Å². The molecular weight excluding hydrogens is 266 g/mol. The number of aromatic nitrogens is 2. The van der Waals surface area contributed by atoms with E-state index >= 15 is 0 Å². The second-order valence-corrected chi connectivity index (χ2v) is 4.91. The number of hydrogen-bond acceptors (Lipinski definition) is 4. The zero-order chi connectivity index (χ0) is 14.9. The highest BCUT2D eigenvalue weighted by Crippen LogP contribution is 2.31. The molecule has 2 rings (SSSR count). The lowest BCUT2D eigenvalue weighted by molar-refractivity contribution is -0.151. The maximum atomic E-state index is 11.9. The van der Waals surface area contributed by atoms with Crippen LogP contribution in [0.4, 0.5) is 0 Å². The van der Waals surface area contributed by atoms with Crippen LogP contribution in [0, 0.1) is 0 Å². The van der Waals surface area contributed by atoms with E-state index in [1.807, 2.05) is 0 Å². The molecule has 1 saturated carbocycles. The van der Waals surface area contributed by atoms with Crippen molar-refractivity contribution in [3.8, 4) is 0 Å². The SMILES string of the molecule is Cn1c(=O)ccn(CC(=O)NC2(C(=O)O)CCC2)c1=O. The monoisotopic (exact) mass is 281 g/mol. The minimum Gasteiger partial charge on any atom is -0.480 e. The second kappa shape index (κ2) is 4.95. The fourth-order valence-corrected chi connectivity index (χ4v) is 2.12. The molecule has 0 aromatic carbocycles. The zero-order valence-corrected chi connectivity index (χ0v) is 11.0. The summed E-state index contributed by atoms with van der Waals surface area (Å²) in [6.45, 7) is -0.317. The van der Waals surface area contributed by atoms with Crippen molar-refractivity contribution in [2.45, 2.75) is 31.3 Å². The smallest absolute Gasteiger partial charge is 0.331 e. The fourth-order valence-electron chi connectivity index (χ4n) is 2.12. The minimum absolute atomic E-state index is 0.317. The first-order valence-electron chi connectivity index (χ1n) is 6.17. The van der Waals surface area contributed by atoms with Crippen molar-refractivity contribution in [3.05, 3.63) is 33.1 Å². The Bertz CT molecular complexity index is 668. The number of carboxylic acids is 1. The molecule has 1 heterocycles. The van der Waals surface area contributed by atoms with Crippen molar-refractivity contribution in [1.29, 1.82) is 0 Å². The third-order valence-electron chi connectivity index (χ3n) is 3.57. The summed E-state index contributed by atoms with van der Waals surface area (Å²) in [4.78, 5) is 45.9. The van der Waals surface area contributed by atoms with Crippen LogP contribution in [0.5, 0.6) is 0 Å². The highest BCUT2D eigenvalue weighted by atomic mass is 16.4. The number of hydrogen-bond donors (Lipinski definition) is 2. The number of carboxylic acid groups (broad SMARTS) is 1. The molecule has 0 aliphatic heterocycles. The standard InChI is InChI=1S/C12H15N3O5/c1-14-9(17)3-6-15(11(14)20)7-8(16)13-12(10(18)19)4-2-5-12/h3,6H,2,4-5,7H2,1H3,(H,13,16)(H,18,19). The highest BCUT2D eigenvalue weighted by Gasteiger charge is 2.45. The Morgan fingerprint density at radius 3 is 2.55 bits per heavy atom. The van der Waals surface area contributed by atoms with Crippen molar-refractivity contribution >= 4 is 11.9 Å². The molecule has 8 heteroatoms. The average molecular weight is 281 g/mol. The van der Waals surface area contributed by atoms with Crippen molar-refractivity contribution in [3.63, 3.8) is 0 Å². The van der Waals surface area contributed by atoms with E-state index in [2.05, 4.69) is 5.32 Å². The van der Waals surface area contributed by atoms with E-state index in [4.69, 9.17) is 5.11 Å². The molecule has 1 fully saturated rings. The van der Waals surface area contributed by atoms with Gasteiger partial charge in [0.1, 0.15) is 12.1 Å². The van der Waals surface area contributed by atoms with Gasteiger partial charge in [-0.05, 0) is 19.3 Å². The minimum atomic E-state index is -1.21. The number of aliphatic carboxylic acids is 1. The normalized spacial score (nSPS) is 16.2. The lowest BCUT2D eigenvalue weighted by Gasteiger charge is -2.38. The molecule has 1 aliphatic carbocycles. The van der Waals surface area contributed by atoms with Crippen molar-refractivity contribution in [2.75, 3.05) is 0 Å². The molecule has 8 nitrogen and oxygen atoms in total. The average Bonchev–Trinajstić information content (AvgIpc) is 2.34. The van der Waals surface area contributed by atoms with Crippen LogP contribution in [-0.2, 0) is 23.2 Å². The fraction of sp³-hybridized carbons (Fsp3) is 0.500. The molecule has 0 spiro atoms. The first kappa shape index (κ1) is 14.0. The molecule has 1 amide bonds. The molecule has 0 atom stereocenters. The summed E-state index contributed by atoms with van der Waals surface area (Å²) in [6.07, 6.45) is 2.73.